The van der Waals surface area contributed by atoms with E-state index >= 15 is 0 Å². The highest BCUT2D eigenvalue weighted by atomic mass is 14.1. The lowest BCUT2D eigenvalue weighted by atomic mass is 10.1. The van der Waals surface area contributed by atoms with Gasteiger partial charge in [0, 0.05) is 0 Å². The minimum Gasteiger partial charge on any atom is -0.0850 e. The van der Waals surface area contributed by atoms with Gasteiger partial charge >= 0.3 is 0 Å². The van der Waals surface area contributed by atoms with Crippen LogP contribution in [0.5, 0.6) is 0 Å². The number of hydrogen-bond donors (Lipinski definition) is 0. The molecule has 0 fully saturated rings. The SMILES string of the molecule is C1=C2CCC=C(CC1)CC2. The molecule has 0 saturated heterocycles. The van der Waals surface area contributed by atoms with Crippen molar-refractivity contribution in [3.8, 4) is 0 Å². The maximum atomic E-state index is 2.46. The highest BCUT2D eigenvalue weighted by Crippen LogP contribution is 2.28. The second-order valence-corrected chi connectivity index (χ2v) is 3.30. The van der Waals surface area contributed by atoms with Crippen molar-refractivity contribution in [2.45, 2.75) is 38.5 Å². The van der Waals surface area contributed by atoms with Gasteiger partial charge in [-0.1, -0.05) is 23.3 Å². The fraction of sp³-hybridized carbons (Fsp3) is 0.600. The molecule has 0 atom stereocenters. The standard InChI is InChI=1S/C10H14/c1-3-9-5-2-6-10(4-1)8-7-9/h3,6H,1-2,4-5,7-8H2. The molecular formula is C10H14. The Kier molecular flexibility index (Phi) is 1.62. The fourth-order valence-corrected chi connectivity index (χ4v) is 1.90. The third-order valence-electron chi connectivity index (χ3n) is 2.56. The van der Waals surface area contributed by atoms with Crippen molar-refractivity contribution in [2.75, 3.05) is 0 Å². The molecule has 0 heterocycles. The predicted molar refractivity (Wildman–Crippen MR) is 43.9 cm³/mol. The van der Waals surface area contributed by atoms with Gasteiger partial charge < -0.3 is 0 Å². The van der Waals surface area contributed by atoms with Gasteiger partial charge in [0.05, 0.1) is 0 Å². The summed E-state index contributed by atoms with van der Waals surface area (Å²) >= 11 is 0. The number of fused-ring (bicyclic) bond motifs is 3. The van der Waals surface area contributed by atoms with Crippen molar-refractivity contribution in [1.82, 2.24) is 0 Å². The Morgan fingerprint density at radius 3 is 1.70 bits per heavy atom. The van der Waals surface area contributed by atoms with Crippen LogP contribution in [-0.4, -0.2) is 0 Å². The molecule has 0 spiro atoms. The molecule has 0 nitrogen and oxygen atoms in total. The maximum Gasteiger partial charge on any atom is -0.0283 e. The van der Waals surface area contributed by atoms with Crippen LogP contribution in [0.2, 0.25) is 0 Å². The van der Waals surface area contributed by atoms with Crippen LogP contribution in [0.3, 0.4) is 0 Å². The van der Waals surface area contributed by atoms with Crippen LogP contribution in [-0.2, 0) is 0 Å². The number of rotatable bonds is 0. The van der Waals surface area contributed by atoms with Crippen LogP contribution in [0.15, 0.2) is 23.3 Å². The monoisotopic (exact) mass is 134 g/mol. The first-order chi connectivity index (χ1) is 4.95. The minimum absolute atomic E-state index is 1.31. The average Bonchev–Trinajstić information content (AvgIpc) is 2.17. The lowest BCUT2D eigenvalue weighted by Crippen LogP contribution is -1.80. The Hall–Kier alpha value is -0.520. The predicted octanol–water partition coefficient (Wildman–Crippen LogP) is 3.21. The molecule has 2 aliphatic rings. The summed E-state index contributed by atoms with van der Waals surface area (Å²) in [5.74, 6) is 0. The highest BCUT2D eigenvalue weighted by molar-refractivity contribution is 5.18. The summed E-state index contributed by atoms with van der Waals surface area (Å²) < 4.78 is 0. The molecule has 0 aliphatic heterocycles. The van der Waals surface area contributed by atoms with Crippen molar-refractivity contribution in [1.29, 1.82) is 0 Å². The Morgan fingerprint density at radius 2 is 1.20 bits per heavy atom. The zero-order valence-corrected chi connectivity index (χ0v) is 6.40. The van der Waals surface area contributed by atoms with Crippen LogP contribution in [0.1, 0.15) is 38.5 Å². The molecular weight excluding hydrogens is 120 g/mol. The van der Waals surface area contributed by atoms with E-state index in [9.17, 15) is 0 Å². The van der Waals surface area contributed by atoms with E-state index in [1.807, 2.05) is 0 Å². The second-order valence-electron chi connectivity index (χ2n) is 3.30. The number of allylic oxidation sites excluding steroid dienone is 4. The summed E-state index contributed by atoms with van der Waals surface area (Å²) in [6.45, 7) is 0. The molecule has 0 saturated carbocycles. The molecule has 0 unspecified atom stereocenters. The first-order valence-corrected chi connectivity index (χ1v) is 4.31. The van der Waals surface area contributed by atoms with Gasteiger partial charge in [0.1, 0.15) is 0 Å². The molecule has 10 heavy (non-hydrogen) atoms. The molecule has 0 aromatic heterocycles. The molecule has 2 aliphatic carbocycles. The molecule has 0 aromatic carbocycles. The van der Waals surface area contributed by atoms with Gasteiger partial charge in [-0.2, -0.15) is 0 Å². The van der Waals surface area contributed by atoms with Crippen LogP contribution in [0.25, 0.3) is 0 Å². The van der Waals surface area contributed by atoms with Crippen molar-refractivity contribution in [3.05, 3.63) is 23.3 Å². The third-order valence-corrected chi connectivity index (χ3v) is 2.56. The molecule has 2 rings (SSSR count). The molecule has 0 radical (unpaired) electrons. The molecule has 54 valence electrons. The lowest BCUT2D eigenvalue weighted by molar-refractivity contribution is 0.887. The largest absolute Gasteiger partial charge is 0.0850 e. The van der Waals surface area contributed by atoms with Gasteiger partial charge in [-0.15, -0.1) is 0 Å². The Morgan fingerprint density at radius 1 is 0.700 bits per heavy atom. The summed E-state index contributed by atoms with van der Waals surface area (Å²) in [6, 6.07) is 0. The zero-order valence-electron chi connectivity index (χ0n) is 6.40. The van der Waals surface area contributed by atoms with E-state index < -0.39 is 0 Å². The normalized spacial score (nSPS) is 24.8. The van der Waals surface area contributed by atoms with Crippen molar-refractivity contribution in [2.24, 2.45) is 0 Å². The van der Waals surface area contributed by atoms with Crippen LogP contribution in [0, 0.1) is 0 Å². The first kappa shape index (κ1) is 6.21. The summed E-state index contributed by atoms with van der Waals surface area (Å²) in [5.41, 5.74) is 3.42. The van der Waals surface area contributed by atoms with Gasteiger partial charge in [0.15, 0.2) is 0 Å². The molecule has 0 amide bonds. The van der Waals surface area contributed by atoms with Crippen LogP contribution < -0.4 is 0 Å². The molecule has 0 N–H and O–H groups in total. The third kappa shape index (κ3) is 1.16. The van der Waals surface area contributed by atoms with Crippen molar-refractivity contribution >= 4 is 0 Å². The smallest absolute Gasteiger partial charge is 0.0283 e. The average molecular weight is 134 g/mol. The van der Waals surface area contributed by atoms with E-state index in [-0.39, 0.29) is 0 Å². The van der Waals surface area contributed by atoms with E-state index in [4.69, 9.17) is 0 Å². The van der Waals surface area contributed by atoms with E-state index in [2.05, 4.69) is 12.2 Å². The topological polar surface area (TPSA) is 0 Å². The minimum atomic E-state index is 1.31. The fourth-order valence-electron chi connectivity index (χ4n) is 1.90. The molecule has 0 aromatic rings. The van der Waals surface area contributed by atoms with Gasteiger partial charge in [-0.3, -0.25) is 0 Å². The molecule has 0 heteroatoms. The maximum absolute atomic E-state index is 2.46. The van der Waals surface area contributed by atoms with Crippen molar-refractivity contribution in [3.63, 3.8) is 0 Å². The summed E-state index contributed by atoms with van der Waals surface area (Å²) in [4.78, 5) is 0. The van der Waals surface area contributed by atoms with Gasteiger partial charge in [-0.05, 0) is 38.5 Å². The number of hydrogen-bond acceptors (Lipinski definition) is 0. The molecule has 2 bridgehead atoms. The van der Waals surface area contributed by atoms with E-state index in [1.54, 1.807) is 11.1 Å². The van der Waals surface area contributed by atoms with Crippen molar-refractivity contribution < 1.29 is 0 Å². The van der Waals surface area contributed by atoms with Crippen LogP contribution >= 0.6 is 0 Å². The summed E-state index contributed by atoms with van der Waals surface area (Å²) in [7, 11) is 0. The Balaban J connectivity index is 2.23. The first-order valence-electron chi connectivity index (χ1n) is 4.31. The summed E-state index contributed by atoms with van der Waals surface area (Å²) in [6.07, 6.45) is 12.9. The van der Waals surface area contributed by atoms with Gasteiger partial charge in [0.25, 0.3) is 0 Å². The quantitative estimate of drug-likeness (QED) is 0.446. The second kappa shape index (κ2) is 2.61. The van der Waals surface area contributed by atoms with Gasteiger partial charge in [-0.25, -0.2) is 0 Å². The Labute approximate surface area is 62.6 Å². The Bertz CT molecular complexity index is 162. The van der Waals surface area contributed by atoms with E-state index in [0.717, 1.165) is 0 Å². The lowest BCUT2D eigenvalue weighted by Gasteiger charge is -2.00. The zero-order chi connectivity index (χ0) is 6.81. The van der Waals surface area contributed by atoms with Gasteiger partial charge in [0.2, 0.25) is 0 Å². The van der Waals surface area contributed by atoms with E-state index in [1.165, 1.54) is 38.5 Å². The summed E-state index contributed by atoms with van der Waals surface area (Å²) in [5, 5.41) is 0. The highest BCUT2D eigenvalue weighted by Gasteiger charge is 2.09. The van der Waals surface area contributed by atoms with Crippen LogP contribution in [0.4, 0.5) is 0 Å². The van der Waals surface area contributed by atoms with E-state index in [0.29, 0.717) is 0 Å².